The van der Waals surface area contributed by atoms with Crippen molar-refractivity contribution in [2.24, 2.45) is 0 Å². The maximum atomic E-state index is 12.4. The molecule has 1 atom stereocenters. The van der Waals surface area contributed by atoms with Crippen LogP contribution in [0.4, 0.5) is 14.5 Å². The topological polar surface area (TPSA) is 55.4 Å². The smallest absolute Gasteiger partial charge is 0.387 e. The highest BCUT2D eigenvalue weighted by molar-refractivity contribution is 7.92. The third-order valence-corrected chi connectivity index (χ3v) is 5.10. The van der Waals surface area contributed by atoms with Gasteiger partial charge in [-0.05, 0) is 42.2 Å². The Hall–Kier alpha value is -2.15. The number of ether oxygens (including phenoxy) is 1. The summed E-state index contributed by atoms with van der Waals surface area (Å²) in [4.78, 5) is 0.0569. The maximum Gasteiger partial charge on any atom is 0.387 e. The molecule has 0 spiro atoms. The van der Waals surface area contributed by atoms with Gasteiger partial charge in [-0.1, -0.05) is 38.1 Å². The first-order valence-corrected chi connectivity index (χ1v) is 8.98. The number of hydrogen-bond acceptors (Lipinski definition) is 3. The molecule has 0 aliphatic carbocycles. The van der Waals surface area contributed by atoms with Gasteiger partial charge in [-0.15, -0.1) is 0 Å². The summed E-state index contributed by atoms with van der Waals surface area (Å²) in [5.41, 5.74) is 1.00. The third kappa shape index (κ3) is 4.44. The van der Waals surface area contributed by atoms with Gasteiger partial charge in [-0.3, -0.25) is 4.72 Å². The van der Waals surface area contributed by atoms with Crippen molar-refractivity contribution in [3.05, 3.63) is 54.1 Å². The minimum Gasteiger partial charge on any atom is -0.433 e. The Morgan fingerprint density at radius 1 is 1.08 bits per heavy atom. The largest absolute Gasteiger partial charge is 0.433 e. The zero-order valence-electron chi connectivity index (χ0n) is 13.4. The van der Waals surface area contributed by atoms with Crippen LogP contribution in [0.2, 0.25) is 0 Å². The maximum absolute atomic E-state index is 12.4. The molecule has 0 aliphatic heterocycles. The van der Waals surface area contributed by atoms with Gasteiger partial charge < -0.3 is 4.74 Å². The van der Waals surface area contributed by atoms with E-state index in [9.17, 15) is 17.2 Å². The quantitative estimate of drug-likeness (QED) is 0.789. The van der Waals surface area contributed by atoms with Crippen molar-refractivity contribution in [2.75, 3.05) is 4.72 Å². The highest BCUT2D eigenvalue weighted by Gasteiger charge is 2.18. The summed E-state index contributed by atoms with van der Waals surface area (Å²) in [6.45, 7) is 1.07. The molecule has 0 saturated heterocycles. The molecule has 1 unspecified atom stereocenters. The van der Waals surface area contributed by atoms with Crippen molar-refractivity contribution in [3.63, 3.8) is 0 Å². The number of para-hydroxylation sites is 2. The van der Waals surface area contributed by atoms with Gasteiger partial charge in [0, 0.05) is 0 Å². The van der Waals surface area contributed by atoms with E-state index in [4.69, 9.17) is 0 Å². The number of alkyl halides is 2. The molecule has 0 radical (unpaired) electrons. The van der Waals surface area contributed by atoms with Crippen molar-refractivity contribution in [3.8, 4) is 5.75 Å². The average molecular weight is 355 g/mol. The summed E-state index contributed by atoms with van der Waals surface area (Å²) in [6.07, 6.45) is 0.947. The number of hydrogen-bond donors (Lipinski definition) is 1. The van der Waals surface area contributed by atoms with Crippen molar-refractivity contribution < 1.29 is 21.9 Å². The summed E-state index contributed by atoms with van der Waals surface area (Å²) < 4.78 is 56.3. The highest BCUT2D eigenvalue weighted by Crippen LogP contribution is 2.28. The van der Waals surface area contributed by atoms with Crippen LogP contribution < -0.4 is 9.46 Å². The summed E-state index contributed by atoms with van der Waals surface area (Å²) >= 11 is 0. The average Bonchev–Trinajstić information content (AvgIpc) is 2.55. The van der Waals surface area contributed by atoms with E-state index in [1.807, 2.05) is 0 Å². The molecule has 1 N–H and O–H groups in total. The molecular formula is C17H19F2NO3S. The van der Waals surface area contributed by atoms with Crippen LogP contribution in [0.5, 0.6) is 5.75 Å². The fourth-order valence-corrected chi connectivity index (χ4v) is 3.23. The van der Waals surface area contributed by atoms with Gasteiger partial charge in [0.15, 0.2) is 0 Å². The normalized spacial score (nSPS) is 12.9. The lowest BCUT2D eigenvalue weighted by Gasteiger charge is -2.14. The molecular weight excluding hydrogens is 336 g/mol. The van der Waals surface area contributed by atoms with Crippen LogP contribution in [0.1, 0.15) is 31.7 Å². The molecule has 0 saturated carbocycles. The standard InChI is InChI=1S/C17H19F2NO3S/c1-3-12(2)13-8-10-14(11-9-13)24(21,22)20-15-6-4-5-7-16(15)23-17(18)19/h4-12,17,20H,3H2,1-2H3. The second-order valence-electron chi connectivity index (χ2n) is 5.36. The van der Waals surface area contributed by atoms with Gasteiger partial charge in [-0.2, -0.15) is 8.78 Å². The van der Waals surface area contributed by atoms with Gasteiger partial charge in [-0.25, -0.2) is 8.42 Å². The minimum absolute atomic E-state index is 0.0381. The monoisotopic (exact) mass is 355 g/mol. The number of sulfonamides is 1. The zero-order valence-corrected chi connectivity index (χ0v) is 14.2. The van der Waals surface area contributed by atoms with Crippen LogP contribution in [0.25, 0.3) is 0 Å². The summed E-state index contributed by atoms with van der Waals surface area (Å²) in [6, 6.07) is 12.2. The van der Waals surface area contributed by atoms with E-state index in [0.29, 0.717) is 5.92 Å². The van der Waals surface area contributed by atoms with Crippen molar-refractivity contribution in [1.29, 1.82) is 0 Å². The van der Waals surface area contributed by atoms with E-state index in [-0.39, 0.29) is 16.3 Å². The number of halogens is 2. The Kier molecular flexibility index (Phi) is 5.77. The second kappa shape index (κ2) is 7.61. The summed E-state index contributed by atoms with van der Waals surface area (Å²) in [5, 5.41) is 0. The second-order valence-corrected chi connectivity index (χ2v) is 7.04. The number of nitrogens with one attached hydrogen (secondary N) is 1. The molecule has 2 aromatic rings. The van der Waals surface area contributed by atoms with Crippen molar-refractivity contribution >= 4 is 15.7 Å². The van der Waals surface area contributed by atoms with Crippen LogP contribution in [0.3, 0.4) is 0 Å². The highest BCUT2D eigenvalue weighted by atomic mass is 32.2. The molecule has 24 heavy (non-hydrogen) atoms. The molecule has 2 aromatic carbocycles. The molecule has 0 aromatic heterocycles. The Bertz CT molecular complexity index is 777. The van der Waals surface area contributed by atoms with Crippen LogP contribution in [0, 0.1) is 0 Å². The van der Waals surface area contributed by atoms with E-state index in [1.165, 1.54) is 36.4 Å². The first-order chi connectivity index (χ1) is 11.3. The van der Waals surface area contributed by atoms with Gasteiger partial charge in [0.25, 0.3) is 10.0 Å². The van der Waals surface area contributed by atoms with Crippen LogP contribution >= 0.6 is 0 Å². The van der Waals surface area contributed by atoms with Gasteiger partial charge in [0.05, 0.1) is 10.6 Å². The lowest BCUT2D eigenvalue weighted by atomic mass is 9.99. The molecule has 0 heterocycles. The number of anilines is 1. The number of benzene rings is 2. The zero-order chi connectivity index (χ0) is 17.7. The van der Waals surface area contributed by atoms with Crippen molar-refractivity contribution in [2.45, 2.75) is 37.7 Å². The van der Waals surface area contributed by atoms with E-state index < -0.39 is 16.6 Å². The Balaban J connectivity index is 2.26. The fraction of sp³-hybridized carbons (Fsp3) is 0.294. The molecule has 4 nitrogen and oxygen atoms in total. The SMILES string of the molecule is CCC(C)c1ccc(S(=O)(=O)Nc2ccccc2OC(F)F)cc1. The van der Waals surface area contributed by atoms with Crippen LogP contribution in [-0.2, 0) is 10.0 Å². The Labute approximate surface area is 140 Å². The summed E-state index contributed by atoms with van der Waals surface area (Å²) in [7, 11) is -3.90. The minimum atomic E-state index is -3.90. The van der Waals surface area contributed by atoms with Gasteiger partial charge >= 0.3 is 6.61 Å². The van der Waals surface area contributed by atoms with E-state index in [2.05, 4.69) is 23.3 Å². The lowest BCUT2D eigenvalue weighted by Crippen LogP contribution is -2.14. The van der Waals surface area contributed by atoms with Crippen LogP contribution in [0.15, 0.2) is 53.4 Å². The summed E-state index contributed by atoms with van der Waals surface area (Å²) in [5.74, 6) is 0.0992. The first kappa shape index (κ1) is 18.2. The molecule has 130 valence electrons. The molecule has 0 aliphatic rings. The number of rotatable bonds is 7. The predicted molar refractivity (Wildman–Crippen MR) is 89.0 cm³/mol. The predicted octanol–water partition coefficient (Wildman–Crippen LogP) is 4.60. The van der Waals surface area contributed by atoms with Crippen LogP contribution in [-0.4, -0.2) is 15.0 Å². The molecule has 0 amide bonds. The van der Waals surface area contributed by atoms with E-state index >= 15 is 0 Å². The molecule has 0 bridgehead atoms. The van der Waals surface area contributed by atoms with E-state index in [0.717, 1.165) is 12.0 Å². The lowest BCUT2D eigenvalue weighted by molar-refractivity contribution is -0.0493. The Morgan fingerprint density at radius 3 is 2.29 bits per heavy atom. The molecule has 0 fully saturated rings. The van der Waals surface area contributed by atoms with Crippen molar-refractivity contribution in [1.82, 2.24) is 0 Å². The first-order valence-electron chi connectivity index (χ1n) is 7.50. The Morgan fingerprint density at radius 2 is 1.71 bits per heavy atom. The molecule has 2 rings (SSSR count). The van der Waals surface area contributed by atoms with Gasteiger partial charge in [0.1, 0.15) is 5.75 Å². The third-order valence-electron chi connectivity index (χ3n) is 3.72. The molecule has 7 heteroatoms. The van der Waals surface area contributed by atoms with Gasteiger partial charge in [0.2, 0.25) is 0 Å². The fourth-order valence-electron chi connectivity index (χ4n) is 2.16. The van der Waals surface area contributed by atoms with E-state index in [1.54, 1.807) is 12.1 Å².